The van der Waals surface area contributed by atoms with Gasteiger partial charge in [0.2, 0.25) is 0 Å². The van der Waals surface area contributed by atoms with Crippen LogP contribution in [0.4, 0.5) is 0 Å². The molecule has 0 saturated carbocycles. The number of hydrogen-bond acceptors (Lipinski definition) is 5. The Morgan fingerprint density at radius 3 is 2.36 bits per heavy atom. The molecule has 2 N–H and O–H groups in total. The number of carbonyl (C=O) groups is 2. The fraction of sp³-hybridized carbons (Fsp3) is 0.176. The lowest BCUT2D eigenvalue weighted by molar-refractivity contribution is -0.139. The second-order valence-corrected chi connectivity index (χ2v) is 8.39. The van der Waals surface area contributed by atoms with Crippen LogP contribution in [0.25, 0.3) is 0 Å². The van der Waals surface area contributed by atoms with E-state index in [1.54, 1.807) is 41.8 Å². The maximum absolute atomic E-state index is 12.9. The van der Waals surface area contributed by atoms with Crippen LogP contribution in [0, 0.1) is 0 Å². The molecule has 1 aromatic carbocycles. The van der Waals surface area contributed by atoms with Gasteiger partial charge >= 0.3 is 11.8 Å². The van der Waals surface area contributed by atoms with E-state index in [-0.39, 0.29) is 17.3 Å². The van der Waals surface area contributed by atoms with Crippen molar-refractivity contribution in [3.63, 3.8) is 0 Å². The number of hydrogen-bond donors (Lipinski definition) is 2. The third-order valence-corrected chi connectivity index (χ3v) is 6.91. The van der Waals surface area contributed by atoms with Crippen LogP contribution in [-0.4, -0.2) is 33.3 Å². The quantitative estimate of drug-likeness (QED) is 0.566. The molecule has 0 saturated heterocycles. The predicted octanol–water partition coefficient (Wildman–Crippen LogP) is 1.68. The highest BCUT2D eigenvalue weighted by Crippen LogP contribution is 2.30. The summed E-state index contributed by atoms with van der Waals surface area (Å²) in [4.78, 5) is 23.5. The zero-order chi connectivity index (χ0) is 18.3. The number of rotatable bonds is 7. The van der Waals surface area contributed by atoms with Gasteiger partial charge in [0.05, 0.1) is 0 Å². The molecule has 0 bridgehead atoms. The maximum atomic E-state index is 12.9. The third-order valence-electron chi connectivity index (χ3n) is 3.38. The Labute approximate surface area is 150 Å². The standard InChI is InChI=1S/C17H18N2O4S2/c1-2-10-18-16(20)17(21)19-12-14(13-7-4-3-5-8-13)25(22,23)15-9-6-11-24-15/h2-9,11,14H,1,10,12H2,(H,18,20)(H,19,21)/t14-/m0/s1. The Morgan fingerprint density at radius 1 is 1.08 bits per heavy atom. The fourth-order valence-corrected chi connectivity index (χ4v) is 5.02. The van der Waals surface area contributed by atoms with E-state index in [4.69, 9.17) is 0 Å². The topological polar surface area (TPSA) is 92.3 Å². The zero-order valence-electron chi connectivity index (χ0n) is 13.3. The van der Waals surface area contributed by atoms with Gasteiger partial charge in [-0.05, 0) is 17.0 Å². The number of sulfone groups is 1. The van der Waals surface area contributed by atoms with E-state index in [1.807, 2.05) is 0 Å². The molecule has 0 aliphatic rings. The first-order chi connectivity index (χ1) is 12.0. The summed E-state index contributed by atoms with van der Waals surface area (Å²) >= 11 is 1.11. The lowest BCUT2D eigenvalue weighted by Crippen LogP contribution is -2.42. The highest BCUT2D eigenvalue weighted by molar-refractivity contribution is 7.93. The van der Waals surface area contributed by atoms with E-state index < -0.39 is 26.9 Å². The molecule has 0 radical (unpaired) electrons. The summed E-state index contributed by atoms with van der Waals surface area (Å²) < 4.78 is 26.0. The summed E-state index contributed by atoms with van der Waals surface area (Å²) in [5.41, 5.74) is 0.544. The summed E-state index contributed by atoms with van der Waals surface area (Å²) in [6, 6.07) is 11.8. The normalized spacial score (nSPS) is 12.2. The molecule has 0 fully saturated rings. The van der Waals surface area contributed by atoms with Crippen LogP contribution in [0.15, 0.2) is 64.7 Å². The number of nitrogens with one attached hydrogen (secondary N) is 2. The number of benzene rings is 1. The first-order valence-electron chi connectivity index (χ1n) is 7.46. The Kier molecular flexibility index (Phi) is 6.49. The Hall–Kier alpha value is -2.45. The van der Waals surface area contributed by atoms with Crippen molar-refractivity contribution in [2.75, 3.05) is 13.1 Å². The van der Waals surface area contributed by atoms with Gasteiger partial charge in [0.25, 0.3) is 0 Å². The first kappa shape index (κ1) is 18.9. The second-order valence-electron chi connectivity index (χ2n) is 5.09. The molecule has 0 aliphatic carbocycles. The van der Waals surface area contributed by atoms with Gasteiger partial charge in [-0.3, -0.25) is 9.59 Å². The van der Waals surface area contributed by atoms with Crippen LogP contribution in [0.3, 0.4) is 0 Å². The minimum atomic E-state index is -3.69. The largest absolute Gasteiger partial charge is 0.346 e. The smallest absolute Gasteiger partial charge is 0.309 e. The van der Waals surface area contributed by atoms with Crippen LogP contribution in [0.2, 0.25) is 0 Å². The molecule has 8 heteroatoms. The molecule has 0 aliphatic heterocycles. The Balaban J connectivity index is 2.21. The fourth-order valence-electron chi connectivity index (χ4n) is 2.15. The van der Waals surface area contributed by atoms with Crippen molar-refractivity contribution in [2.45, 2.75) is 9.46 Å². The minimum absolute atomic E-state index is 0.155. The predicted molar refractivity (Wildman–Crippen MR) is 96.9 cm³/mol. The van der Waals surface area contributed by atoms with Gasteiger partial charge in [0, 0.05) is 13.1 Å². The van der Waals surface area contributed by atoms with Crippen LogP contribution < -0.4 is 10.6 Å². The second kappa shape index (κ2) is 8.59. The molecule has 2 aromatic rings. The number of amides is 2. The molecule has 0 unspecified atom stereocenters. The average Bonchev–Trinajstić information content (AvgIpc) is 3.16. The highest BCUT2D eigenvalue weighted by atomic mass is 32.2. The van der Waals surface area contributed by atoms with Crippen molar-refractivity contribution >= 4 is 33.0 Å². The van der Waals surface area contributed by atoms with Crippen molar-refractivity contribution in [1.29, 1.82) is 0 Å². The van der Waals surface area contributed by atoms with Gasteiger partial charge < -0.3 is 10.6 Å². The lowest BCUT2D eigenvalue weighted by Gasteiger charge is -2.18. The average molecular weight is 378 g/mol. The molecule has 0 spiro atoms. The van der Waals surface area contributed by atoms with Gasteiger partial charge in [-0.25, -0.2) is 8.42 Å². The number of carbonyl (C=O) groups excluding carboxylic acids is 2. The highest BCUT2D eigenvalue weighted by Gasteiger charge is 2.30. The lowest BCUT2D eigenvalue weighted by atomic mass is 10.1. The van der Waals surface area contributed by atoms with Gasteiger partial charge in [-0.15, -0.1) is 17.9 Å². The minimum Gasteiger partial charge on any atom is -0.346 e. The van der Waals surface area contributed by atoms with Crippen molar-refractivity contribution in [3.05, 3.63) is 66.1 Å². The molecule has 1 aromatic heterocycles. The zero-order valence-corrected chi connectivity index (χ0v) is 15.0. The summed E-state index contributed by atoms with van der Waals surface area (Å²) in [7, 11) is -3.69. The van der Waals surface area contributed by atoms with Gasteiger partial charge in [-0.1, -0.05) is 42.5 Å². The summed E-state index contributed by atoms with van der Waals surface area (Å²) in [6.07, 6.45) is 1.44. The van der Waals surface area contributed by atoms with Crippen molar-refractivity contribution in [3.8, 4) is 0 Å². The maximum Gasteiger partial charge on any atom is 0.309 e. The van der Waals surface area contributed by atoms with Crippen molar-refractivity contribution < 1.29 is 18.0 Å². The van der Waals surface area contributed by atoms with Crippen LogP contribution in [0.5, 0.6) is 0 Å². The van der Waals surface area contributed by atoms with Gasteiger partial charge in [0.1, 0.15) is 9.46 Å². The van der Waals surface area contributed by atoms with E-state index in [0.29, 0.717) is 5.56 Å². The summed E-state index contributed by atoms with van der Waals surface area (Å²) in [6.45, 7) is 3.39. The van der Waals surface area contributed by atoms with Crippen LogP contribution >= 0.6 is 11.3 Å². The summed E-state index contributed by atoms with van der Waals surface area (Å²) in [5.74, 6) is -1.72. The SMILES string of the molecule is C=CCNC(=O)C(=O)NC[C@@H](c1ccccc1)S(=O)(=O)c1cccs1. The number of thiophene rings is 1. The molecule has 6 nitrogen and oxygen atoms in total. The van der Waals surface area contributed by atoms with E-state index in [0.717, 1.165) is 11.3 Å². The van der Waals surface area contributed by atoms with Gasteiger partial charge in [0.15, 0.2) is 9.84 Å². The molecule has 1 atom stereocenters. The molecule has 2 rings (SSSR count). The van der Waals surface area contributed by atoms with E-state index >= 15 is 0 Å². The third kappa shape index (κ3) is 4.77. The summed E-state index contributed by atoms with van der Waals surface area (Å²) in [5, 5.41) is 5.44. The molecular formula is C17H18N2O4S2. The molecule has 25 heavy (non-hydrogen) atoms. The van der Waals surface area contributed by atoms with Crippen molar-refractivity contribution in [2.24, 2.45) is 0 Å². The van der Waals surface area contributed by atoms with Crippen molar-refractivity contribution in [1.82, 2.24) is 10.6 Å². The molecule has 2 amide bonds. The Bertz CT molecular complexity index is 831. The molecule has 132 valence electrons. The van der Waals surface area contributed by atoms with E-state index in [2.05, 4.69) is 17.2 Å². The first-order valence-corrected chi connectivity index (χ1v) is 9.88. The monoisotopic (exact) mass is 378 g/mol. The van der Waals surface area contributed by atoms with E-state index in [1.165, 1.54) is 12.1 Å². The molecular weight excluding hydrogens is 360 g/mol. The van der Waals surface area contributed by atoms with Gasteiger partial charge in [-0.2, -0.15) is 0 Å². The van der Waals surface area contributed by atoms with Crippen LogP contribution in [0.1, 0.15) is 10.8 Å². The van der Waals surface area contributed by atoms with E-state index in [9.17, 15) is 18.0 Å². The molecule has 1 heterocycles. The Morgan fingerprint density at radius 2 is 1.76 bits per heavy atom. The van der Waals surface area contributed by atoms with Crippen LogP contribution in [-0.2, 0) is 19.4 Å².